The quantitative estimate of drug-likeness (QED) is 0.532. The molecule has 0 heterocycles. The van der Waals surface area contributed by atoms with Crippen molar-refractivity contribution in [2.45, 2.75) is 11.8 Å². The molecule has 0 saturated heterocycles. The Morgan fingerprint density at radius 3 is 2.00 bits per heavy atom. The van der Waals surface area contributed by atoms with Crippen molar-refractivity contribution in [3.05, 3.63) is 0 Å². The molecule has 0 aromatic heterocycles. The average Bonchev–Trinajstić information content (AvgIpc) is 1.38. The van der Waals surface area contributed by atoms with Crippen molar-refractivity contribution in [1.82, 2.24) is 6.15 Å². The van der Waals surface area contributed by atoms with E-state index in [-0.39, 0.29) is 11.0 Å². The maximum atomic E-state index is 7.85. The predicted octanol–water partition coefficient (Wildman–Crippen LogP) is 1.46. The maximum absolute atomic E-state index is 7.85. The van der Waals surface area contributed by atoms with Gasteiger partial charge in [-0.2, -0.15) is 5.26 Å². The van der Waals surface area contributed by atoms with Gasteiger partial charge in [0, 0.05) is 0 Å². The summed E-state index contributed by atoms with van der Waals surface area (Å²) in [7, 11) is 0. The van der Waals surface area contributed by atoms with E-state index in [0.29, 0.717) is 0 Å². The molecule has 0 fully saturated rings. The predicted molar refractivity (Wildman–Crippen MR) is 29.0 cm³/mol. The van der Waals surface area contributed by atoms with Gasteiger partial charge in [-0.15, -0.1) is 0 Å². The first-order valence-electron chi connectivity index (χ1n) is 1.31. The Morgan fingerprint density at radius 2 is 2.00 bits per heavy atom. The summed E-state index contributed by atoms with van der Waals surface area (Å²) in [6, 6.07) is 1.94. The molecule has 0 saturated carbocycles. The molecule has 36 valence electrons. The zero-order chi connectivity index (χ0) is 4.28. The molecular weight excluding hydrogens is 144 g/mol. The first kappa shape index (κ1) is 9.33. The van der Waals surface area contributed by atoms with Crippen LogP contribution in [-0.2, 0) is 0 Å². The fourth-order valence-corrected chi connectivity index (χ4v) is 0. The Hall–Kier alpha value is -0.0700. The van der Waals surface area contributed by atoms with Crippen LogP contribution < -0.4 is 6.15 Å². The van der Waals surface area contributed by atoms with Crippen molar-refractivity contribution < 1.29 is 0 Å². The molecule has 1 unspecified atom stereocenters. The summed E-state index contributed by atoms with van der Waals surface area (Å²) in [5, 5.41) is 7.85. The van der Waals surface area contributed by atoms with Gasteiger partial charge in [0.2, 0.25) is 0 Å². The summed E-state index contributed by atoms with van der Waals surface area (Å²) in [5.41, 5.74) is 0. The summed E-state index contributed by atoms with van der Waals surface area (Å²) in [4.78, 5) is 0.00231. The standard InChI is InChI=1S/C3H4BrN.H3N/c1-3(4)2-5;/h3H,1H3;1H3. The molecule has 0 spiro atoms. The molecule has 0 aromatic rings. The zero-order valence-electron chi connectivity index (χ0n) is 3.61. The number of halogens is 1. The highest BCUT2D eigenvalue weighted by molar-refractivity contribution is 9.09. The van der Waals surface area contributed by atoms with Crippen LogP contribution in [0.3, 0.4) is 0 Å². The van der Waals surface area contributed by atoms with Gasteiger partial charge in [0.1, 0.15) is 0 Å². The van der Waals surface area contributed by atoms with E-state index in [0.717, 1.165) is 0 Å². The van der Waals surface area contributed by atoms with E-state index >= 15 is 0 Å². The summed E-state index contributed by atoms with van der Waals surface area (Å²) in [6.07, 6.45) is 0. The summed E-state index contributed by atoms with van der Waals surface area (Å²) < 4.78 is 0. The van der Waals surface area contributed by atoms with Crippen molar-refractivity contribution in [1.29, 1.82) is 5.26 Å². The van der Waals surface area contributed by atoms with Gasteiger partial charge >= 0.3 is 0 Å². The number of nitriles is 1. The van der Waals surface area contributed by atoms with Gasteiger partial charge in [-0.1, -0.05) is 15.9 Å². The largest absolute Gasteiger partial charge is 0.344 e. The van der Waals surface area contributed by atoms with Gasteiger partial charge in [-0.25, -0.2) is 0 Å². The highest BCUT2D eigenvalue weighted by Gasteiger charge is 1.81. The third-order valence-electron chi connectivity index (χ3n) is 0.178. The van der Waals surface area contributed by atoms with Crippen LogP contribution in [0.15, 0.2) is 0 Å². The fourth-order valence-electron chi connectivity index (χ4n) is 0. The van der Waals surface area contributed by atoms with Gasteiger partial charge in [-0.3, -0.25) is 0 Å². The van der Waals surface area contributed by atoms with E-state index in [2.05, 4.69) is 15.9 Å². The second-order valence-electron chi connectivity index (χ2n) is 0.745. The van der Waals surface area contributed by atoms with Crippen LogP contribution in [0.4, 0.5) is 0 Å². The number of hydrogen-bond donors (Lipinski definition) is 1. The maximum Gasteiger partial charge on any atom is 0.0986 e. The normalized spacial score (nSPS) is 10.8. The summed E-state index contributed by atoms with van der Waals surface area (Å²) in [5.74, 6) is 0. The molecule has 0 aromatic carbocycles. The van der Waals surface area contributed by atoms with E-state index in [4.69, 9.17) is 5.26 Å². The van der Waals surface area contributed by atoms with Gasteiger partial charge < -0.3 is 6.15 Å². The van der Waals surface area contributed by atoms with Crippen LogP contribution in [0.2, 0.25) is 0 Å². The molecule has 6 heavy (non-hydrogen) atoms. The van der Waals surface area contributed by atoms with Gasteiger partial charge in [0.15, 0.2) is 0 Å². The average molecular weight is 151 g/mol. The lowest BCUT2D eigenvalue weighted by atomic mass is 10.6. The minimum absolute atomic E-state index is 0. The monoisotopic (exact) mass is 150 g/mol. The first-order valence-corrected chi connectivity index (χ1v) is 2.22. The molecule has 0 radical (unpaired) electrons. The van der Waals surface area contributed by atoms with Crippen molar-refractivity contribution in [2.24, 2.45) is 0 Å². The molecule has 0 rings (SSSR count). The lowest BCUT2D eigenvalue weighted by molar-refractivity contribution is 1.27. The van der Waals surface area contributed by atoms with Crippen LogP contribution in [-0.4, -0.2) is 4.83 Å². The van der Waals surface area contributed by atoms with Gasteiger partial charge in [0.25, 0.3) is 0 Å². The lowest BCUT2D eigenvalue weighted by Gasteiger charge is -1.73. The second kappa shape index (κ2) is 4.93. The Balaban J connectivity index is 0. The third kappa shape index (κ3) is 9.06. The molecule has 0 bridgehead atoms. The van der Waals surface area contributed by atoms with E-state index < -0.39 is 0 Å². The van der Waals surface area contributed by atoms with E-state index in [1.54, 1.807) is 6.92 Å². The topological polar surface area (TPSA) is 58.8 Å². The Morgan fingerprint density at radius 1 is 1.83 bits per heavy atom. The summed E-state index contributed by atoms with van der Waals surface area (Å²) in [6.45, 7) is 1.78. The fraction of sp³-hybridized carbons (Fsp3) is 0.667. The molecule has 3 heteroatoms. The number of alkyl halides is 1. The molecule has 0 aliphatic carbocycles. The lowest BCUT2D eigenvalue weighted by Crippen LogP contribution is -1.75. The number of hydrogen-bond acceptors (Lipinski definition) is 2. The number of rotatable bonds is 0. The Labute approximate surface area is 45.9 Å². The highest BCUT2D eigenvalue weighted by Crippen LogP contribution is 1.90. The second-order valence-corrected chi connectivity index (χ2v) is 2.12. The van der Waals surface area contributed by atoms with Crippen molar-refractivity contribution >= 4 is 15.9 Å². The molecule has 1 atom stereocenters. The SMILES string of the molecule is CC(Br)C#N.N. The minimum atomic E-state index is 0. The Bertz CT molecular complexity index is 54.3. The molecule has 0 aliphatic heterocycles. The molecule has 0 aliphatic rings. The van der Waals surface area contributed by atoms with Gasteiger partial charge in [0.05, 0.1) is 10.9 Å². The Kier molecular flexibility index (Phi) is 7.67. The highest BCUT2D eigenvalue weighted by atomic mass is 79.9. The van der Waals surface area contributed by atoms with Crippen LogP contribution in [0.5, 0.6) is 0 Å². The van der Waals surface area contributed by atoms with Gasteiger partial charge in [-0.05, 0) is 6.92 Å². The van der Waals surface area contributed by atoms with Crippen LogP contribution in [0, 0.1) is 11.3 Å². The van der Waals surface area contributed by atoms with Crippen LogP contribution >= 0.6 is 15.9 Å². The molecule has 2 nitrogen and oxygen atoms in total. The van der Waals surface area contributed by atoms with E-state index in [1.807, 2.05) is 6.07 Å². The van der Waals surface area contributed by atoms with E-state index in [9.17, 15) is 0 Å². The number of nitrogens with zero attached hydrogens (tertiary/aromatic N) is 1. The van der Waals surface area contributed by atoms with Crippen LogP contribution in [0.1, 0.15) is 6.92 Å². The minimum Gasteiger partial charge on any atom is -0.344 e. The zero-order valence-corrected chi connectivity index (χ0v) is 5.20. The van der Waals surface area contributed by atoms with Crippen molar-refractivity contribution in [2.75, 3.05) is 0 Å². The third-order valence-corrected chi connectivity index (χ3v) is 0.383. The van der Waals surface area contributed by atoms with Crippen molar-refractivity contribution in [3.8, 4) is 6.07 Å². The first-order chi connectivity index (χ1) is 2.27. The van der Waals surface area contributed by atoms with Crippen LogP contribution in [0.25, 0.3) is 0 Å². The molecule has 3 N–H and O–H groups in total. The van der Waals surface area contributed by atoms with E-state index in [1.165, 1.54) is 0 Å². The summed E-state index contributed by atoms with van der Waals surface area (Å²) >= 11 is 3.01. The van der Waals surface area contributed by atoms with Crippen molar-refractivity contribution in [3.63, 3.8) is 0 Å². The molecular formula is C3H7BrN2. The smallest absolute Gasteiger partial charge is 0.0986 e. The molecule has 0 amide bonds.